The fraction of sp³-hybridized carbons (Fsp3) is 0.421. The zero-order valence-corrected chi connectivity index (χ0v) is 14.5. The monoisotopic (exact) mass is 341 g/mol. The van der Waals surface area contributed by atoms with Crippen LogP contribution >= 0.6 is 11.3 Å². The van der Waals surface area contributed by atoms with E-state index in [4.69, 9.17) is 0 Å². The third-order valence-corrected chi connectivity index (χ3v) is 6.00. The Morgan fingerprint density at radius 1 is 1.08 bits per heavy atom. The summed E-state index contributed by atoms with van der Waals surface area (Å²) in [6.07, 6.45) is 3.18. The molecule has 2 fully saturated rings. The highest BCUT2D eigenvalue weighted by Gasteiger charge is 2.33. The number of thiophene rings is 1. The largest absolute Gasteiger partial charge is 0.369 e. The van der Waals surface area contributed by atoms with Crippen LogP contribution in [0.25, 0.3) is 0 Å². The normalized spacial score (nSPS) is 23.7. The van der Waals surface area contributed by atoms with E-state index in [1.807, 2.05) is 11.0 Å². The zero-order valence-electron chi connectivity index (χ0n) is 13.7. The summed E-state index contributed by atoms with van der Waals surface area (Å²) < 4.78 is 0. The van der Waals surface area contributed by atoms with Crippen molar-refractivity contribution < 1.29 is 4.79 Å². The molecule has 2 aromatic rings. The Bertz CT molecular complexity index is 673. The Kier molecular flexibility index (Phi) is 4.43. The minimum atomic E-state index is 0.103. The van der Waals surface area contributed by atoms with E-state index in [9.17, 15) is 4.79 Å². The van der Waals surface area contributed by atoms with Gasteiger partial charge in [0.15, 0.2) is 0 Å². The lowest BCUT2D eigenvalue weighted by Crippen LogP contribution is -2.45. The van der Waals surface area contributed by atoms with Gasteiger partial charge in [0.25, 0.3) is 0 Å². The molecular formula is C19H23N3OS. The quantitative estimate of drug-likeness (QED) is 0.920. The molecule has 1 aromatic heterocycles. The Labute approximate surface area is 147 Å². The molecular weight excluding hydrogens is 318 g/mol. The molecule has 0 bridgehead atoms. The fourth-order valence-electron chi connectivity index (χ4n) is 3.80. The van der Waals surface area contributed by atoms with Crippen molar-refractivity contribution in [2.75, 3.05) is 24.5 Å². The molecule has 3 heterocycles. The molecule has 0 aliphatic carbocycles. The van der Waals surface area contributed by atoms with Gasteiger partial charge in [-0.3, -0.25) is 0 Å². The lowest BCUT2D eigenvalue weighted by atomic mass is 10.2. The maximum atomic E-state index is 12.8. The minimum absolute atomic E-state index is 0.103. The van der Waals surface area contributed by atoms with Crippen LogP contribution in [0.3, 0.4) is 0 Å². The molecule has 1 aromatic carbocycles. The molecule has 2 aliphatic heterocycles. The Morgan fingerprint density at radius 3 is 2.75 bits per heavy atom. The van der Waals surface area contributed by atoms with Crippen LogP contribution in [0.1, 0.15) is 30.2 Å². The molecule has 2 atom stereocenters. The van der Waals surface area contributed by atoms with Crippen molar-refractivity contribution in [1.82, 2.24) is 10.2 Å². The summed E-state index contributed by atoms with van der Waals surface area (Å²) in [6.45, 7) is 2.76. The molecule has 2 saturated heterocycles. The Morgan fingerprint density at radius 2 is 1.96 bits per heavy atom. The molecule has 1 N–H and O–H groups in total. The van der Waals surface area contributed by atoms with Crippen molar-refractivity contribution in [3.05, 3.63) is 52.7 Å². The summed E-state index contributed by atoms with van der Waals surface area (Å²) in [6, 6.07) is 15.3. The molecule has 5 heteroatoms. The first-order valence-corrected chi connectivity index (χ1v) is 9.60. The average Bonchev–Trinajstić information content (AvgIpc) is 3.36. The van der Waals surface area contributed by atoms with Gasteiger partial charge < -0.3 is 15.1 Å². The van der Waals surface area contributed by atoms with Crippen LogP contribution in [0.2, 0.25) is 0 Å². The van der Waals surface area contributed by atoms with Gasteiger partial charge in [-0.2, -0.15) is 0 Å². The average molecular weight is 341 g/mol. The van der Waals surface area contributed by atoms with Crippen molar-refractivity contribution in [3.63, 3.8) is 0 Å². The van der Waals surface area contributed by atoms with Gasteiger partial charge in [0, 0.05) is 36.2 Å². The number of benzene rings is 1. The standard InChI is InChI=1S/C19H23N3OS/c23-19(22-11-4-8-17(22)18-9-5-13-24-18)20-15-10-12-21(14-15)16-6-2-1-3-7-16/h1-3,5-7,9,13,15,17H,4,8,10-12,14H2,(H,20,23). The predicted octanol–water partition coefficient (Wildman–Crippen LogP) is 3.87. The molecule has 2 unspecified atom stereocenters. The van der Waals surface area contributed by atoms with Crippen LogP contribution in [-0.2, 0) is 0 Å². The smallest absolute Gasteiger partial charge is 0.318 e. The molecule has 2 aliphatic rings. The topological polar surface area (TPSA) is 35.6 Å². The number of urea groups is 1. The van der Waals surface area contributed by atoms with E-state index < -0.39 is 0 Å². The number of anilines is 1. The molecule has 0 radical (unpaired) electrons. The molecule has 2 amide bonds. The summed E-state index contributed by atoms with van der Waals surface area (Å²) in [5.74, 6) is 0. The first kappa shape index (κ1) is 15.5. The number of hydrogen-bond acceptors (Lipinski definition) is 3. The number of carbonyl (C=O) groups is 1. The van der Waals surface area contributed by atoms with E-state index in [1.54, 1.807) is 11.3 Å². The maximum absolute atomic E-state index is 12.8. The van der Waals surface area contributed by atoms with E-state index in [0.29, 0.717) is 0 Å². The molecule has 24 heavy (non-hydrogen) atoms. The van der Waals surface area contributed by atoms with Crippen LogP contribution in [-0.4, -0.2) is 36.6 Å². The third kappa shape index (κ3) is 3.13. The van der Waals surface area contributed by atoms with Gasteiger partial charge >= 0.3 is 6.03 Å². The van der Waals surface area contributed by atoms with Crippen LogP contribution in [0.5, 0.6) is 0 Å². The lowest BCUT2D eigenvalue weighted by molar-refractivity contribution is 0.190. The van der Waals surface area contributed by atoms with E-state index in [2.05, 4.69) is 52.0 Å². The van der Waals surface area contributed by atoms with Crippen molar-refractivity contribution in [2.45, 2.75) is 31.3 Å². The number of likely N-dealkylation sites (tertiary alicyclic amines) is 1. The summed E-state index contributed by atoms with van der Waals surface area (Å²) in [5.41, 5.74) is 1.24. The summed E-state index contributed by atoms with van der Waals surface area (Å²) in [5, 5.41) is 5.36. The van der Waals surface area contributed by atoms with E-state index >= 15 is 0 Å². The van der Waals surface area contributed by atoms with Crippen LogP contribution in [0, 0.1) is 0 Å². The SMILES string of the molecule is O=C(NC1CCN(c2ccccc2)C1)N1CCCC1c1cccs1. The van der Waals surface area contributed by atoms with Gasteiger partial charge in [-0.05, 0) is 42.8 Å². The van der Waals surface area contributed by atoms with Gasteiger partial charge in [0.1, 0.15) is 0 Å². The highest BCUT2D eigenvalue weighted by Crippen LogP contribution is 2.34. The molecule has 0 spiro atoms. The van der Waals surface area contributed by atoms with Gasteiger partial charge in [-0.15, -0.1) is 11.3 Å². The number of para-hydroxylation sites is 1. The summed E-state index contributed by atoms with van der Waals surface area (Å²) >= 11 is 1.75. The Balaban J connectivity index is 1.36. The second kappa shape index (κ2) is 6.85. The van der Waals surface area contributed by atoms with E-state index in [0.717, 1.165) is 38.9 Å². The highest BCUT2D eigenvalue weighted by molar-refractivity contribution is 7.10. The third-order valence-electron chi connectivity index (χ3n) is 5.02. The van der Waals surface area contributed by atoms with Gasteiger partial charge in [-0.25, -0.2) is 4.79 Å². The van der Waals surface area contributed by atoms with Gasteiger partial charge in [-0.1, -0.05) is 24.3 Å². The number of nitrogens with one attached hydrogen (secondary N) is 1. The second-order valence-corrected chi connectivity index (χ2v) is 7.56. The number of rotatable bonds is 3. The first-order chi connectivity index (χ1) is 11.8. The Hall–Kier alpha value is -2.01. The van der Waals surface area contributed by atoms with Gasteiger partial charge in [0.2, 0.25) is 0 Å². The first-order valence-electron chi connectivity index (χ1n) is 8.72. The number of nitrogens with zero attached hydrogens (tertiary/aromatic N) is 2. The van der Waals surface area contributed by atoms with Crippen LogP contribution < -0.4 is 10.2 Å². The maximum Gasteiger partial charge on any atom is 0.318 e. The summed E-state index contributed by atoms with van der Waals surface area (Å²) in [7, 11) is 0. The number of carbonyl (C=O) groups excluding carboxylic acids is 1. The zero-order chi connectivity index (χ0) is 16.4. The van der Waals surface area contributed by atoms with Gasteiger partial charge in [0.05, 0.1) is 6.04 Å². The predicted molar refractivity (Wildman–Crippen MR) is 98.6 cm³/mol. The second-order valence-electron chi connectivity index (χ2n) is 6.58. The highest BCUT2D eigenvalue weighted by atomic mass is 32.1. The van der Waals surface area contributed by atoms with Crippen molar-refractivity contribution in [3.8, 4) is 0 Å². The van der Waals surface area contributed by atoms with Crippen molar-refractivity contribution >= 4 is 23.1 Å². The van der Waals surface area contributed by atoms with E-state index in [1.165, 1.54) is 10.6 Å². The molecule has 4 rings (SSSR count). The lowest BCUT2D eigenvalue weighted by Gasteiger charge is -2.26. The van der Waals surface area contributed by atoms with E-state index in [-0.39, 0.29) is 18.1 Å². The van der Waals surface area contributed by atoms with Crippen LogP contribution in [0.15, 0.2) is 47.8 Å². The number of hydrogen-bond donors (Lipinski definition) is 1. The molecule has 0 saturated carbocycles. The number of amides is 2. The van der Waals surface area contributed by atoms with Crippen molar-refractivity contribution in [2.24, 2.45) is 0 Å². The fourth-order valence-corrected chi connectivity index (χ4v) is 4.67. The molecule has 4 nitrogen and oxygen atoms in total. The molecule has 126 valence electrons. The minimum Gasteiger partial charge on any atom is -0.369 e. The summed E-state index contributed by atoms with van der Waals surface area (Å²) in [4.78, 5) is 18.4. The van der Waals surface area contributed by atoms with Crippen LogP contribution in [0.4, 0.5) is 10.5 Å². The van der Waals surface area contributed by atoms with Crippen molar-refractivity contribution in [1.29, 1.82) is 0 Å².